The summed E-state index contributed by atoms with van der Waals surface area (Å²) in [4.78, 5) is 77.8. The van der Waals surface area contributed by atoms with Gasteiger partial charge in [0.1, 0.15) is 23.8 Å². The molecule has 2 aromatic carbocycles. The summed E-state index contributed by atoms with van der Waals surface area (Å²) < 4.78 is 8.09. The van der Waals surface area contributed by atoms with E-state index in [2.05, 4.69) is 65.4 Å². The molecular formula is C38H40N8O6. The fourth-order valence-electron chi connectivity index (χ4n) is 8.10. The maximum Gasteiger partial charge on any atom is 0.266 e. The molecule has 52 heavy (non-hydrogen) atoms. The van der Waals surface area contributed by atoms with Gasteiger partial charge in [-0.1, -0.05) is 36.4 Å². The Morgan fingerprint density at radius 2 is 1.63 bits per heavy atom. The molecule has 3 aliphatic heterocycles. The predicted molar refractivity (Wildman–Crippen MR) is 189 cm³/mol. The zero-order chi connectivity index (χ0) is 35.8. The van der Waals surface area contributed by atoms with Crippen LogP contribution in [0.5, 0.6) is 5.75 Å². The molecule has 4 aliphatic rings. The Balaban J connectivity index is 0.799. The summed E-state index contributed by atoms with van der Waals surface area (Å²) in [7, 11) is 0. The van der Waals surface area contributed by atoms with Crippen LogP contribution in [-0.2, 0) is 14.4 Å². The highest BCUT2D eigenvalue weighted by molar-refractivity contribution is 6.24. The lowest BCUT2D eigenvalue weighted by Gasteiger charge is -2.42. The van der Waals surface area contributed by atoms with Crippen LogP contribution in [0, 0.1) is 0 Å². The van der Waals surface area contributed by atoms with E-state index in [0.29, 0.717) is 18.8 Å². The molecule has 8 rings (SSSR count). The molecule has 0 spiro atoms. The fourth-order valence-corrected chi connectivity index (χ4v) is 8.10. The Bertz CT molecular complexity index is 2030. The highest BCUT2D eigenvalue weighted by Gasteiger charge is 2.46. The number of hydrogen-bond acceptors (Lipinski definition) is 10. The van der Waals surface area contributed by atoms with Crippen LogP contribution in [0.2, 0.25) is 0 Å². The maximum absolute atomic E-state index is 13.3. The summed E-state index contributed by atoms with van der Waals surface area (Å²) >= 11 is 0. The van der Waals surface area contributed by atoms with Crippen molar-refractivity contribution >= 4 is 40.6 Å². The van der Waals surface area contributed by atoms with Gasteiger partial charge in [-0.2, -0.15) is 0 Å². The van der Waals surface area contributed by atoms with Crippen molar-refractivity contribution in [2.24, 2.45) is 0 Å². The Hall–Kier alpha value is -5.47. The first-order valence-corrected chi connectivity index (χ1v) is 17.9. The van der Waals surface area contributed by atoms with Crippen LogP contribution in [0.15, 0.2) is 67.3 Å². The molecule has 14 heteroatoms. The van der Waals surface area contributed by atoms with E-state index in [4.69, 9.17) is 4.74 Å². The van der Waals surface area contributed by atoms with E-state index in [0.717, 1.165) is 67.8 Å². The van der Waals surface area contributed by atoms with Gasteiger partial charge >= 0.3 is 0 Å². The summed E-state index contributed by atoms with van der Waals surface area (Å²) in [6.07, 6.45) is 10.3. The molecule has 5 amide bonds. The number of nitrogens with one attached hydrogen (secondary N) is 2. The Kier molecular flexibility index (Phi) is 9.24. The van der Waals surface area contributed by atoms with Crippen LogP contribution < -0.4 is 15.4 Å². The second kappa shape index (κ2) is 14.3. The number of rotatable bonds is 9. The van der Waals surface area contributed by atoms with Crippen molar-refractivity contribution in [3.63, 3.8) is 0 Å². The van der Waals surface area contributed by atoms with Crippen molar-refractivity contribution in [3.05, 3.63) is 78.4 Å². The van der Waals surface area contributed by atoms with Crippen molar-refractivity contribution in [1.82, 2.24) is 39.9 Å². The van der Waals surface area contributed by atoms with Gasteiger partial charge < -0.3 is 14.6 Å². The first-order valence-electron chi connectivity index (χ1n) is 17.9. The quantitative estimate of drug-likeness (QED) is 0.248. The fraction of sp³-hybridized carbons (Fsp3) is 0.395. The minimum atomic E-state index is -1.08. The van der Waals surface area contributed by atoms with Crippen LogP contribution in [0.25, 0.3) is 22.2 Å². The predicted octanol–water partition coefficient (Wildman–Crippen LogP) is 2.75. The highest BCUT2D eigenvalue weighted by atomic mass is 16.5. The number of carbonyl (C=O) groups excluding carboxylic acids is 5. The average molecular weight is 705 g/mol. The molecule has 14 nitrogen and oxygen atoms in total. The molecule has 3 fully saturated rings. The number of amides is 5. The van der Waals surface area contributed by atoms with Gasteiger partial charge in [-0.3, -0.25) is 44.0 Å². The lowest BCUT2D eigenvalue weighted by molar-refractivity contribution is -0.136. The number of hydrogen-bond donors (Lipinski definition) is 2. The van der Waals surface area contributed by atoms with Crippen LogP contribution in [0.3, 0.4) is 0 Å². The first-order chi connectivity index (χ1) is 25.4. The third-order valence-corrected chi connectivity index (χ3v) is 10.9. The molecule has 0 radical (unpaired) electrons. The third kappa shape index (κ3) is 6.43. The molecule has 0 bridgehead atoms. The minimum absolute atomic E-state index is 0.0165. The van der Waals surface area contributed by atoms with E-state index >= 15 is 0 Å². The zero-order valence-electron chi connectivity index (χ0n) is 28.7. The van der Waals surface area contributed by atoms with E-state index in [-0.39, 0.29) is 42.2 Å². The number of fused-ring (bicyclic) bond motifs is 2. The van der Waals surface area contributed by atoms with Crippen LogP contribution >= 0.6 is 0 Å². The molecule has 2 N–H and O–H groups in total. The number of imide groups is 2. The topological polar surface area (TPSA) is 159 Å². The van der Waals surface area contributed by atoms with Crippen molar-refractivity contribution in [3.8, 4) is 16.9 Å². The lowest BCUT2D eigenvalue weighted by atomic mass is 9.89. The molecular weight excluding hydrogens is 664 g/mol. The molecule has 4 aromatic rings. The molecule has 1 atom stereocenters. The summed E-state index contributed by atoms with van der Waals surface area (Å²) in [6.45, 7) is 3.56. The van der Waals surface area contributed by atoms with E-state index in [9.17, 15) is 24.0 Å². The van der Waals surface area contributed by atoms with Crippen molar-refractivity contribution in [2.75, 3.05) is 39.5 Å². The average Bonchev–Trinajstić information content (AvgIpc) is 3.69. The van der Waals surface area contributed by atoms with Crippen molar-refractivity contribution < 1.29 is 28.7 Å². The van der Waals surface area contributed by atoms with Crippen LogP contribution in [0.1, 0.15) is 65.3 Å². The number of benzene rings is 2. The molecule has 2 aromatic heterocycles. The van der Waals surface area contributed by atoms with Crippen molar-refractivity contribution in [2.45, 2.75) is 56.7 Å². The molecule has 5 heterocycles. The van der Waals surface area contributed by atoms with Crippen LogP contribution in [0.4, 0.5) is 0 Å². The number of piperidine rings is 1. The van der Waals surface area contributed by atoms with Gasteiger partial charge in [0.15, 0.2) is 6.61 Å². The maximum atomic E-state index is 13.3. The normalized spacial score (nSPS) is 22.8. The summed E-state index contributed by atoms with van der Waals surface area (Å²) in [5.74, 6) is -2.68. The zero-order valence-corrected chi connectivity index (χ0v) is 28.7. The third-order valence-electron chi connectivity index (χ3n) is 10.9. The van der Waals surface area contributed by atoms with Crippen LogP contribution in [-0.4, -0.2) is 110 Å². The number of carbonyl (C=O) groups is 5. The highest BCUT2D eigenvalue weighted by Crippen LogP contribution is 2.38. The van der Waals surface area contributed by atoms with Gasteiger partial charge in [0.05, 0.1) is 17.8 Å². The number of piperazine rings is 1. The molecule has 1 unspecified atom stereocenters. The SMILES string of the molecule is O=C(COc1cccc2c1C(=O)N(C1CCC(=O)NC1=O)C2=O)NCN1CCN(C2CCC(n3cc(-c4ccccc4)c4cncnc43)CC2)CC1. The standard InChI is InChI=1S/C38H40N8O6/c47-32-14-13-30(36(49)42-32)46-37(50)27-7-4-8-31(34(27)38(46)51)52-21-33(48)41-23-43-15-17-44(18-16-43)25-9-11-26(12-10-25)45-20-29(24-5-2-1-3-6-24)28-19-39-22-40-35(28)45/h1-8,19-20,22,25-26,30H,9-18,21,23H2,(H,41,48)(H,42,47,49). The number of ether oxygens (including phenoxy) is 1. The molecule has 1 saturated carbocycles. The van der Waals surface area contributed by atoms with E-state index in [1.807, 2.05) is 12.3 Å². The van der Waals surface area contributed by atoms with Gasteiger partial charge in [-0.05, 0) is 49.8 Å². The Labute approximate surface area is 300 Å². The smallest absolute Gasteiger partial charge is 0.266 e. The van der Waals surface area contributed by atoms with Gasteiger partial charge in [0.2, 0.25) is 11.8 Å². The molecule has 1 aliphatic carbocycles. The number of aromatic nitrogens is 3. The lowest BCUT2D eigenvalue weighted by Crippen LogP contribution is -2.54. The Morgan fingerprint density at radius 3 is 2.40 bits per heavy atom. The van der Waals surface area contributed by atoms with Gasteiger partial charge in [0.25, 0.3) is 17.7 Å². The summed E-state index contributed by atoms with van der Waals surface area (Å²) in [6, 6.07) is 14.8. The van der Waals surface area contributed by atoms with E-state index < -0.39 is 29.7 Å². The van der Waals surface area contributed by atoms with Gasteiger partial charge in [-0.25, -0.2) is 9.97 Å². The number of nitrogens with zero attached hydrogens (tertiary/aromatic N) is 6. The second-order valence-electron chi connectivity index (χ2n) is 13.9. The minimum Gasteiger partial charge on any atom is -0.483 e. The van der Waals surface area contributed by atoms with Crippen molar-refractivity contribution in [1.29, 1.82) is 0 Å². The summed E-state index contributed by atoms with van der Waals surface area (Å²) in [5, 5.41) is 6.18. The Morgan fingerprint density at radius 1 is 0.865 bits per heavy atom. The first kappa shape index (κ1) is 33.7. The summed E-state index contributed by atoms with van der Waals surface area (Å²) in [5.41, 5.74) is 3.45. The van der Waals surface area contributed by atoms with Gasteiger partial charge in [0, 0.05) is 68.0 Å². The van der Waals surface area contributed by atoms with Gasteiger partial charge in [-0.15, -0.1) is 0 Å². The van der Waals surface area contributed by atoms with E-state index in [1.165, 1.54) is 23.3 Å². The second-order valence-corrected chi connectivity index (χ2v) is 13.9. The van der Waals surface area contributed by atoms with E-state index in [1.54, 1.807) is 12.4 Å². The molecule has 268 valence electrons. The molecule has 2 saturated heterocycles. The monoisotopic (exact) mass is 704 g/mol. The largest absolute Gasteiger partial charge is 0.483 e.